The summed E-state index contributed by atoms with van der Waals surface area (Å²) in [6.45, 7) is -0.0638. The quantitative estimate of drug-likeness (QED) is 0.648. The standard InChI is InChI=1S/C10H9BrN4O2/c11-8-1-2-9(17-4-3-12)7(5-8)6-14-15-10(13)16/h1-2,5-6H,4H2,(H3,13,15,16). The summed E-state index contributed by atoms with van der Waals surface area (Å²) in [5, 5.41) is 12.0. The third-order valence-corrected chi connectivity index (χ3v) is 2.14. The number of amides is 2. The number of benzene rings is 1. The minimum Gasteiger partial charge on any atom is -0.478 e. The molecule has 2 amide bonds. The van der Waals surface area contributed by atoms with Crippen LogP contribution >= 0.6 is 15.9 Å². The highest BCUT2D eigenvalue weighted by Gasteiger charge is 2.02. The molecule has 0 heterocycles. The van der Waals surface area contributed by atoms with Crippen molar-refractivity contribution in [2.75, 3.05) is 6.61 Å². The first-order chi connectivity index (χ1) is 8.13. The van der Waals surface area contributed by atoms with Gasteiger partial charge in [-0.15, -0.1) is 0 Å². The molecule has 0 saturated heterocycles. The molecule has 0 aliphatic rings. The SMILES string of the molecule is N#CCOc1ccc(Br)cc1C=NNC(N)=O. The van der Waals surface area contributed by atoms with E-state index in [4.69, 9.17) is 15.7 Å². The Hall–Kier alpha value is -2.07. The second-order valence-electron chi connectivity index (χ2n) is 2.86. The molecule has 0 bridgehead atoms. The van der Waals surface area contributed by atoms with E-state index in [2.05, 4.69) is 26.5 Å². The smallest absolute Gasteiger partial charge is 0.332 e. The third-order valence-electron chi connectivity index (χ3n) is 1.64. The van der Waals surface area contributed by atoms with Gasteiger partial charge in [-0.1, -0.05) is 15.9 Å². The van der Waals surface area contributed by atoms with Gasteiger partial charge in [-0.25, -0.2) is 10.2 Å². The Morgan fingerprint density at radius 3 is 3.12 bits per heavy atom. The Bertz CT molecular complexity index is 482. The van der Waals surface area contributed by atoms with E-state index in [1.54, 1.807) is 18.2 Å². The molecule has 0 radical (unpaired) electrons. The normalized spacial score (nSPS) is 9.88. The summed E-state index contributed by atoms with van der Waals surface area (Å²) in [5.41, 5.74) is 7.54. The van der Waals surface area contributed by atoms with Crippen molar-refractivity contribution in [3.63, 3.8) is 0 Å². The monoisotopic (exact) mass is 296 g/mol. The number of ether oxygens (including phenoxy) is 1. The van der Waals surface area contributed by atoms with Crippen molar-refractivity contribution in [3.05, 3.63) is 28.2 Å². The number of nitriles is 1. The molecule has 1 rings (SSSR count). The Balaban J connectivity index is 2.87. The van der Waals surface area contributed by atoms with Gasteiger partial charge in [0.05, 0.1) is 6.21 Å². The van der Waals surface area contributed by atoms with Crippen molar-refractivity contribution < 1.29 is 9.53 Å². The van der Waals surface area contributed by atoms with Crippen LogP contribution in [0.15, 0.2) is 27.8 Å². The largest absolute Gasteiger partial charge is 0.478 e. The molecule has 0 aromatic heterocycles. The van der Waals surface area contributed by atoms with Crippen LogP contribution < -0.4 is 15.9 Å². The molecule has 0 fully saturated rings. The molecule has 6 nitrogen and oxygen atoms in total. The van der Waals surface area contributed by atoms with Crippen molar-refractivity contribution in [3.8, 4) is 11.8 Å². The molecule has 0 aliphatic carbocycles. The van der Waals surface area contributed by atoms with Crippen LogP contribution in [0.4, 0.5) is 4.79 Å². The fourth-order valence-electron chi connectivity index (χ4n) is 1.03. The molecule has 7 heteroatoms. The van der Waals surface area contributed by atoms with Crippen LogP contribution in [0.25, 0.3) is 0 Å². The minimum atomic E-state index is -0.754. The van der Waals surface area contributed by atoms with E-state index in [1.165, 1.54) is 6.21 Å². The number of halogens is 1. The first-order valence-corrected chi connectivity index (χ1v) is 5.30. The van der Waals surface area contributed by atoms with E-state index in [0.717, 1.165) is 4.47 Å². The summed E-state index contributed by atoms with van der Waals surface area (Å²) < 4.78 is 6.00. The lowest BCUT2D eigenvalue weighted by molar-refractivity contribution is 0.249. The Morgan fingerprint density at radius 1 is 1.71 bits per heavy atom. The maximum Gasteiger partial charge on any atom is 0.332 e. The average Bonchev–Trinajstić information content (AvgIpc) is 2.27. The second-order valence-corrected chi connectivity index (χ2v) is 3.78. The lowest BCUT2D eigenvalue weighted by atomic mass is 10.2. The summed E-state index contributed by atoms with van der Waals surface area (Å²) >= 11 is 3.29. The Morgan fingerprint density at radius 2 is 2.47 bits per heavy atom. The molecule has 17 heavy (non-hydrogen) atoms. The molecular formula is C10H9BrN4O2. The number of nitrogens with zero attached hydrogens (tertiary/aromatic N) is 2. The molecule has 3 N–H and O–H groups in total. The van der Waals surface area contributed by atoms with E-state index >= 15 is 0 Å². The van der Waals surface area contributed by atoms with Crippen molar-refractivity contribution in [1.82, 2.24) is 5.43 Å². The summed E-state index contributed by atoms with van der Waals surface area (Å²) in [6, 6.07) is 6.30. The zero-order valence-electron chi connectivity index (χ0n) is 8.68. The van der Waals surface area contributed by atoms with Crippen molar-refractivity contribution in [2.24, 2.45) is 10.8 Å². The maximum absolute atomic E-state index is 10.4. The van der Waals surface area contributed by atoms with E-state index in [9.17, 15) is 4.79 Å². The highest BCUT2D eigenvalue weighted by molar-refractivity contribution is 9.10. The fourth-order valence-corrected chi connectivity index (χ4v) is 1.41. The van der Waals surface area contributed by atoms with E-state index < -0.39 is 6.03 Å². The van der Waals surface area contributed by atoms with Crippen LogP contribution in [0.1, 0.15) is 5.56 Å². The van der Waals surface area contributed by atoms with Crippen molar-refractivity contribution in [2.45, 2.75) is 0 Å². The Labute approximate surface area is 106 Å². The van der Waals surface area contributed by atoms with Gasteiger partial charge >= 0.3 is 6.03 Å². The number of hydrogen-bond donors (Lipinski definition) is 2. The maximum atomic E-state index is 10.4. The van der Waals surface area contributed by atoms with Crippen LogP contribution in [-0.4, -0.2) is 18.9 Å². The molecule has 0 unspecified atom stereocenters. The molecule has 0 aliphatic heterocycles. The zero-order valence-corrected chi connectivity index (χ0v) is 10.3. The van der Waals surface area contributed by atoms with Crippen LogP contribution in [0.2, 0.25) is 0 Å². The second kappa shape index (κ2) is 6.50. The van der Waals surface area contributed by atoms with E-state index in [0.29, 0.717) is 11.3 Å². The number of nitrogens with two attached hydrogens (primary N) is 1. The van der Waals surface area contributed by atoms with Crippen molar-refractivity contribution >= 4 is 28.2 Å². The first-order valence-electron chi connectivity index (χ1n) is 4.51. The van der Waals surface area contributed by atoms with Crippen LogP contribution in [0.3, 0.4) is 0 Å². The predicted octanol–water partition coefficient (Wildman–Crippen LogP) is 1.35. The topological polar surface area (TPSA) is 100 Å². The molecular weight excluding hydrogens is 288 g/mol. The van der Waals surface area contributed by atoms with Gasteiger partial charge in [-0.2, -0.15) is 10.4 Å². The highest BCUT2D eigenvalue weighted by atomic mass is 79.9. The highest BCUT2D eigenvalue weighted by Crippen LogP contribution is 2.21. The van der Waals surface area contributed by atoms with Gasteiger partial charge in [-0.3, -0.25) is 0 Å². The van der Waals surface area contributed by atoms with Gasteiger partial charge in [0.1, 0.15) is 11.8 Å². The van der Waals surface area contributed by atoms with E-state index in [1.807, 2.05) is 6.07 Å². The third kappa shape index (κ3) is 4.53. The molecule has 1 aromatic rings. The number of rotatable bonds is 4. The number of urea groups is 1. The van der Waals surface area contributed by atoms with Crippen LogP contribution in [0.5, 0.6) is 5.75 Å². The zero-order chi connectivity index (χ0) is 12.7. The van der Waals surface area contributed by atoms with Gasteiger partial charge in [0, 0.05) is 10.0 Å². The van der Waals surface area contributed by atoms with Gasteiger partial charge < -0.3 is 10.5 Å². The fraction of sp³-hybridized carbons (Fsp3) is 0.100. The van der Waals surface area contributed by atoms with Gasteiger partial charge in [0.2, 0.25) is 0 Å². The molecule has 0 saturated carbocycles. The van der Waals surface area contributed by atoms with Gasteiger partial charge in [-0.05, 0) is 18.2 Å². The number of primary amides is 1. The van der Waals surface area contributed by atoms with Crippen LogP contribution in [0, 0.1) is 11.3 Å². The molecule has 0 spiro atoms. The minimum absolute atomic E-state index is 0.0638. The number of hydrazone groups is 1. The summed E-state index contributed by atoms with van der Waals surface area (Å²) in [4.78, 5) is 10.4. The molecule has 1 aromatic carbocycles. The Kier molecular flexibility index (Phi) is 4.97. The van der Waals surface area contributed by atoms with Crippen molar-refractivity contribution in [1.29, 1.82) is 5.26 Å². The number of nitrogens with one attached hydrogen (secondary N) is 1. The lowest BCUT2D eigenvalue weighted by Gasteiger charge is -2.05. The van der Waals surface area contributed by atoms with Crippen LogP contribution in [-0.2, 0) is 0 Å². The average molecular weight is 297 g/mol. The lowest BCUT2D eigenvalue weighted by Crippen LogP contribution is -2.24. The predicted molar refractivity (Wildman–Crippen MR) is 65.6 cm³/mol. The summed E-state index contributed by atoms with van der Waals surface area (Å²) in [5.74, 6) is 0.491. The van der Waals surface area contributed by atoms with Gasteiger partial charge in [0.15, 0.2) is 6.61 Å². The van der Waals surface area contributed by atoms with E-state index in [-0.39, 0.29) is 6.61 Å². The summed E-state index contributed by atoms with van der Waals surface area (Å²) in [6.07, 6.45) is 1.38. The first kappa shape index (κ1) is 13.0. The molecule has 88 valence electrons. The van der Waals surface area contributed by atoms with Gasteiger partial charge in [0.25, 0.3) is 0 Å². The number of carbonyl (C=O) groups excluding carboxylic acids is 1. The molecule has 0 atom stereocenters. The summed E-state index contributed by atoms with van der Waals surface area (Å²) in [7, 11) is 0. The number of carbonyl (C=O) groups is 1. The number of hydrogen-bond acceptors (Lipinski definition) is 4.